The summed E-state index contributed by atoms with van der Waals surface area (Å²) in [7, 11) is 1.92. The number of carbonyl (C=O) groups excluding carboxylic acids is 2. The number of fused-ring (bicyclic) bond motifs is 1. The van der Waals surface area contributed by atoms with Gasteiger partial charge in [-0.25, -0.2) is 0 Å². The summed E-state index contributed by atoms with van der Waals surface area (Å²) in [6, 6.07) is 8.99. The van der Waals surface area contributed by atoms with Gasteiger partial charge in [-0.15, -0.1) is 11.3 Å². The molecular formula is C15H12BrClN2O2S. The second kappa shape index (κ2) is 6.12. The number of rotatable bonds is 4. The van der Waals surface area contributed by atoms with E-state index in [9.17, 15) is 9.59 Å². The quantitative estimate of drug-likeness (QED) is 0.735. The van der Waals surface area contributed by atoms with E-state index in [1.165, 1.54) is 9.78 Å². The van der Waals surface area contributed by atoms with Crippen molar-refractivity contribution in [1.82, 2.24) is 4.90 Å². The van der Waals surface area contributed by atoms with Gasteiger partial charge in [0.25, 0.3) is 5.78 Å². The molecule has 0 radical (unpaired) electrons. The number of hydrogen-bond donors (Lipinski definition) is 0. The summed E-state index contributed by atoms with van der Waals surface area (Å²) in [6.45, 7) is 1.06. The lowest BCUT2D eigenvalue weighted by Gasteiger charge is -2.23. The molecule has 114 valence electrons. The second-order valence-corrected chi connectivity index (χ2v) is 8.07. The highest BCUT2D eigenvalue weighted by atomic mass is 79.9. The van der Waals surface area contributed by atoms with Gasteiger partial charge in [-0.1, -0.05) is 11.6 Å². The standard InChI is InChI=1S/C15H12BrClN2O2S/c1-18(7-10-3-5-13(16)22-10)8-19-12-4-2-9(17)6-11(12)14(20)15(19)21/h2-6H,7-8H2,1H3. The number of nitrogens with zero attached hydrogens (tertiary/aromatic N) is 2. The molecule has 0 saturated heterocycles. The predicted molar refractivity (Wildman–Crippen MR) is 91.6 cm³/mol. The van der Waals surface area contributed by atoms with Gasteiger partial charge < -0.3 is 0 Å². The average Bonchev–Trinajstić information content (AvgIpc) is 2.96. The molecule has 1 aromatic heterocycles. The highest BCUT2D eigenvalue weighted by molar-refractivity contribution is 9.11. The fraction of sp³-hybridized carbons (Fsp3) is 0.200. The van der Waals surface area contributed by atoms with Gasteiger partial charge in [-0.3, -0.25) is 19.4 Å². The summed E-state index contributed by atoms with van der Waals surface area (Å²) < 4.78 is 1.07. The van der Waals surface area contributed by atoms with Gasteiger partial charge in [0.15, 0.2) is 0 Å². The van der Waals surface area contributed by atoms with Crippen molar-refractivity contribution in [3.63, 3.8) is 0 Å². The number of carbonyl (C=O) groups is 2. The van der Waals surface area contributed by atoms with E-state index in [4.69, 9.17) is 11.6 Å². The molecule has 1 aliphatic rings. The minimum Gasteiger partial charge on any atom is -0.291 e. The molecule has 0 fully saturated rings. The van der Waals surface area contributed by atoms with Crippen LogP contribution in [0.2, 0.25) is 5.02 Å². The van der Waals surface area contributed by atoms with Gasteiger partial charge in [-0.2, -0.15) is 0 Å². The number of Topliss-reactive ketones (excluding diaryl/α,β-unsaturated/α-hetero) is 1. The fourth-order valence-corrected chi connectivity index (χ4v) is 4.14. The highest BCUT2D eigenvalue weighted by Gasteiger charge is 2.36. The molecule has 0 spiro atoms. The Bertz CT molecular complexity index is 762. The van der Waals surface area contributed by atoms with Gasteiger partial charge in [-0.05, 0) is 53.3 Å². The van der Waals surface area contributed by atoms with Crippen molar-refractivity contribution in [2.24, 2.45) is 0 Å². The summed E-state index contributed by atoms with van der Waals surface area (Å²) in [5, 5.41) is 0.457. The Morgan fingerprint density at radius 2 is 2.05 bits per heavy atom. The Kier molecular flexibility index (Phi) is 4.36. The molecule has 2 aromatic rings. The fourth-order valence-electron chi connectivity index (χ4n) is 2.41. The molecule has 0 bridgehead atoms. The average molecular weight is 400 g/mol. The van der Waals surface area contributed by atoms with Gasteiger partial charge in [0.1, 0.15) is 0 Å². The Morgan fingerprint density at radius 1 is 1.27 bits per heavy atom. The zero-order valence-electron chi connectivity index (χ0n) is 11.7. The number of anilines is 1. The molecule has 22 heavy (non-hydrogen) atoms. The topological polar surface area (TPSA) is 40.6 Å². The van der Waals surface area contributed by atoms with Crippen molar-refractivity contribution in [3.05, 3.63) is 49.6 Å². The summed E-state index contributed by atoms with van der Waals surface area (Å²) in [5.74, 6) is -0.999. The number of ketones is 1. The Labute approximate surface area is 145 Å². The smallest absolute Gasteiger partial charge is 0.291 e. The molecule has 7 heteroatoms. The SMILES string of the molecule is CN(Cc1ccc(Br)s1)CN1C(=O)C(=O)c2cc(Cl)ccc21. The minimum absolute atomic E-state index is 0.356. The van der Waals surface area contributed by atoms with Crippen LogP contribution in [0.1, 0.15) is 15.2 Å². The molecular weight excluding hydrogens is 388 g/mol. The summed E-state index contributed by atoms with van der Waals surface area (Å²) in [6.07, 6.45) is 0. The van der Waals surface area contributed by atoms with E-state index in [0.29, 0.717) is 29.5 Å². The molecule has 3 rings (SSSR count). The zero-order chi connectivity index (χ0) is 15.9. The number of halogens is 2. The van der Waals surface area contributed by atoms with Crippen LogP contribution >= 0.6 is 38.9 Å². The van der Waals surface area contributed by atoms with Crippen LogP contribution in [0.15, 0.2) is 34.1 Å². The monoisotopic (exact) mass is 398 g/mol. The highest BCUT2D eigenvalue weighted by Crippen LogP contribution is 2.31. The van der Waals surface area contributed by atoms with Crippen molar-refractivity contribution < 1.29 is 9.59 Å². The lowest BCUT2D eigenvalue weighted by Crippen LogP contribution is -2.38. The maximum atomic E-state index is 12.2. The third kappa shape index (κ3) is 2.96. The van der Waals surface area contributed by atoms with E-state index in [2.05, 4.69) is 15.9 Å². The maximum Gasteiger partial charge on any atom is 0.300 e. The Morgan fingerprint density at radius 3 is 2.73 bits per heavy atom. The number of thiophene rings is 1. The molecule has 0 N–H and O–H groups in total. The molecule has 0 atom stereocenters. The largest absolute Gasteiger partial charge is 0.300 e. The van der Waals surface area contributed by atoms with E-state index < -0.39 is 11.7 Å². The Balaban J connectivity index is 1.78. The van der Waals surface area contributed by atoms with Crippen LogP contribution in [-0.4, -0.2) is 30.3 Å². The van der Waals surface area contributed by atoms with E-state index in [1.54, 1.807) is 29.5 Å². The van der Waals surface area contributed by atoms with Crippen molar-refractivity contribution in [1.29, 1.82) is 0 Å². The number of hydrogen-bond acceptors (Lipinski definition) is 4. The third-order valence-corrected chi connectivity index (χ3v) is 5.21. The van der Waals surface area contributed by atoms with E-state index in [1.807, 2.05) is 24.1 Å². The third-order valence-electron chi connectivity index (χ3n) is 3.37. The molecule has 0 unspecified atom stereocenters. The van der Waals surface area contributed by atoms with Gasteiger partial charge in [0, 0.05) is 16.4 Å². The molecule has 0 saturated carbocycles. The van der Waals surface area contributed by atoms with Crippen LogP contribution < -0.4 is 4.90 Å². The lowest BCUT2D eigenvalue weighted by atomic mass is 10.1. The van der Waals surface area contributed by atoms with Crippen molar-refractivity contribution in [2.75, 3.05) is 18.6 Å². The summed E-state index contributed by atoms with van der Waals surface area (Å²) in [5.41, 5.74) is 1.00. The molecule has 2 heterocycles. The first-order valence-electron chi connectivity index (χ1n) is 6.54. The Hall–Kier alpha value is -1.21. The van der Waals surface area contributed by atoms with Crippen molar-refractivity contribution in [3.8, 4) is 0 Å². The van der Waals surface area contributed by atoms with E-state index in [-0.39, 0.29) is 0 Å². The molecule has 1 aliphatic heterocycles. The van der Waals surface area contributed by atoms with Gasteiger partial charge >= 0.3 is 5.91 Å². The summed E-state index contributed by atoms with van der Waals surface area (Å²) in [4.78, 5) is 28.9. The predicted octanol–water partition coefficient (Wildman–Crippen LogP) is 3.78. The van der Waals surface area contributed by atoms with E-state index >= 15 is 0 Å². The van der Waals surface area contributed by atoms with Crippen LogP contribution in [0.5, 0.6) is 0 Å². The molecule has 1 amide bonds. The normalized spacial score (nSPS) is 14.1. The van der Waals surface area contributed by atoms with Gasteiger partial charge in [0.2, 0.25) is 0 Å². The first-order valence-corrected chi connectivity index (χ1v) is 8.53. The number of amides is 1. The second-order valence-electron chi connectivity index (χ2n) is 5.09. The zero-order valence-corrected chi connectivity index (χ0v) is 14.8. The van der Waals surface area contributed by atoms with Crippen LogP contribution in [0.3, 0.4) is 0 Å². The first-order chi connectivity index (χ1) is 10.5. The molecule has 1 aromatic carbocycles. The van der Waals surface area contributed by atoms with Crippen LogP contribution in [0, 0.1) is 0 Å². The van der Waals surface area contributed by atoms with E-state index in [0.717, 1.165) is 3.79 Å². The lowest BCUT2D eigenvalue weighted by molar-refractivity contribution is -0.114. The van der Waals surface area contributed by atoms with Crippen molar-refractivity contribution in [2.45, 2.75) is 6.54 Å². The van der Waals surface area contributed by atoms with Crippen LogP contribution in [0.25, 0.3) is 0 Å². The first kappa shape index (κ1) is 15.7. The van der Waals surface area contributed by atoms with Crippen molar-refractivity contribution >= 4 is 56.2 Å². The molecule has 4 nitrogen and oxygen atoms in total. The van der Waals surface area contributed by atoms with Crippen LogP contribution in [-0.2, 0) is 11.3 Å². The van der Waals surface area contributed by atoms with Crippen LogP contribution in [0.4, 0.5) is 5.69 Å². The number of benzene rings is 1. The molecule has 0 aliphatic carbocycles. The van der Waals surface area contributed by atoms with Gasteiger partial charge in [0.05, 0.1) is 21.7 Å². The minimum atomic E-state index is -0.503. The maximum absolute atomic E-state index is 12.2. The summed E-state index contributed by atoms with van der Waals surface area (Å²) >= 11 is 11.0.